The maximum absolute atomic E-state index is 12.5. The van der Waals surface area contributed by atoms with E-state index in [9.17, 15) is 14.4 Å². The summed E-state index contributed by atoms with van der Waals surface area (Å²) >= 11 is 1.79. The number of carboxylic acid groups (broad SMARTS) is 2. The van der Waals surface area contributed by atoms with Crippen molar-refractivity contribution < 1.29 is 24.6 Å². The van der Waals surface area contributed by atoms with Crippen LogP contribution in [0.4, 0.5) is 11.4 Å². The average Bonchev–Trinajstić information content (AvgIpc) is 3.37. The zero-order valence-corrected chi connectivity index (χ0v) is 21.2. The highest BCUT2D eigenvalue weighted by molar-refractivity contribution is 7.99. The maximum atomic E-state index is 12.5. The largest absolute Gasteiger partial charge is 0.478 e. The van der Waals surface area contributed by atoms with Crippen LogP contribution in [-0.2, 0) is 9.59 Å². The van der Waals surface area contributed by atoms with Gasteiger partial charge in [-0.05, 0) is 43.7 Å². The summed E-state index contributed by atoms with van der Waals surface area (Å²) in [5, 5.41) is 18.6. The van der Waals surface area contributed by atoms with Crippen LogP contribution in [0.3, 0.4) is 0 Å². The molecule has 2 heterocycles. The number of anilines is 2. The number of nitrogens with zero attached hydrogens (tertiary/aromatic N) is 2. The van der Waals surface area contributed by atoms with Crippen molar-refractivity contribution in [1.29, 1.82) is 0 Å². The van der Waals surface area contributed by atoms with E-state index >= 15 is 0 Å². The van der Waals surface area contributed by atoms with Gasteiger partial charge in [-0.15, -0.1) is 0 Å². The van der Waals surface area contributed by atoms with E-state index in [0.717, 1.165) is 37.3 Å². The van der Waals surface area contributed by atoms with Gasteiger partial charge in [-0.2, -0.15) is 0 Å². The molecule has 4 rings (SSSR count). The molecular weight excluding hydrogens is 478 g/mol. The number of para-hydroxylation sites is 1. The summed E-state index contributed by atoms with van der Waals surface area (Å²) in [6, 6.07) is 15.0. The number of carboxylic acids is 2. The van der Waals surface area contributed by atoms with Gasteiger partial charge < -0.3 is 20.4 Å². The van der Waals surface area contributed by atoms with Gasteiger partial charge in [-0.3, -0.25) is 9.69 Å². The van der Waals surface area contributed by atoms with E-state index in [4.69, 9.17) is 10.2 Å². The molecule has 0 fully saturated rings. The molecule has 2 aliphatic rings. The number of fused-ring (bicyclic) bond motifs is 2. The van der Waals surface area contributed by atoms with E-state index < -0.39 is 11.9 Å². The van der Waals surface area contributed by atoms with Gasteiger partial charge in [0.25, 0.3) is 5.91 Å². The van der Waals surface area contributed by atoms with Gasteiger partial charge in [0, 0.05) is 59.7 Å². The fraction of sp³-hybridized carbons (Fsp3) is 0.296. The number of rotatable bonds is 8. The first-order chi connectivity index (χ1) is 17.3. The summed E-state index contributed by atoms with van der Waals surface area (Å²) in [5.41, 5.74) is 3.09. The second-order valence-electron chi connectivity index (χ2n) is 8.43. The Morgan fingerprint density at radius 1 is 1.00 bits per heavy atom. The minimum atomic E-state index is -1.26. The van der Waals surface area contributed by atoms with Gasteiger partial charge in [-0.25, -0.2) is 9.59 Å². The Morgan fingerprint density at radius 3 is 2.28 bits per heavy atom. The highest BCUT2D eigenvalue weighted by atomic mass is 32.2. The summed E-state index contributed by atoms with van der Waals surface area (Å²) in [6.07, 6.45) is 6.52. The molecule has 0 spiro atoms. The predicted octanol–water partition coefficient (Wildman–Crippen LogP) is 4.40. The number of aliphatic carboxylic acids is 2. The molecule has 36 heavy (non-hydrogen) atoms. The Morgan fingerprint density at radius 2 is 1.64 bits per heavy atom. The SMILES string of the molecule is CCCNC(=O)c1ccc2c(c1)N(C(C)CN1CC=CC1)c1ccccc1S2.O=C(O)C=CC(=O)O. The fourth-order valence-electron chi connectivity index (χ4n) is 4.01. The minimum absolute atomic E-state index is 0.00449. The zero-order valence-electron chi connectivity index (χ0n) is 20.4. The molecule has 2 aromatic rings. The van der Waals surface area contributed by atoms with E-state index in [-0.39, 0.29) is 5.91 Å². The van der Waals surface area contributed by atoms with E-state index in [1.54, 1.807) is 11.8 Å². The van der Waals surface area contributed by atoms with Gasteiger partial charge in [0.2, 0.25) is 0 Å². The Bertz CT molecular complexity index is 1140. The van der Waals surface area contributed by atoms with Gasteiger partial charge in [-0.1, -0.05) is 43.0 Å². The molecule has 2 aromatic carbocycles. The number of benzene rings is 2. The summed E-state index contributed by atoms with van der Waals surface area (Å²) in [4.78, 5) is 39.0. The van der Waals surface area contributed by atoms with Crippen LogP contribution in [0.5, 0.6) is 0 Å². The molecule has 1 unspecified atom stereocenters. The minimum Gasteiger partial charge on any atom is -0.478 e. The molecule has 3 N–H and O–H groups in total. The van der Waals surface area contributed by atoms with Gasteiger partial charge in [0.15, 0.2) is 0 Å². The van der Waals surface area contributed by atoms with Crippen molar-refractivity contribution in [3.63, 3.8) is 0 Å². The van der Waals surface area contributed by atoms with Crippen LogP contribution in [0.15, 0.2) is 76.6 Å². The monoisotopic (exact) mass is 509 g/mol. The molecule has 9 heteroatoms. The Hall–Kier alpha value is -3.56. The second-order valence-corrected chi connectivity index (χ2v) is 9.51. The van der Waals surface area contributed by atoms with Crippen LogP contribution in [0.25, 0.3) is 0 Å². The zero-order chi connectivity index (χ0) is 26.1. The van der Waals surface area contributed by atoms with Crippen LogP contribution in [0.1, 0.15) is 30.6 Å². The van der Waals surface area contributed by atoms with Crippen LogP contribution in [0, 0.1) is 0 Å². The van der Waals surface area contributed by atoms with E-state index in [1.807, 2.05) is 6.07 Å². The maximum Gasteiger partial charge on any atom is 0.328 e. The number of amides is 1. The summed E-state index contributed by atoms with van der Waals surface area (Å²) in [6.45, 7) is 8.06. The number of hydrogen-bond donors (Lipinski definition) is 3. The number of nitrogens with one attached hydrogen (secondary N) is 1. The van der Waals surface area contributed by atoms with Crippen LogP contribution < -0.4 is 10.2 Å². The molecule has 8 nitrogen and oxygen atoms in total. The van der Waals surface area contributed by atoms with Gasteiger partial charge >= 0.3 is 11.9 Å². The first-order valence-electron chi connectivity index (χ1n) is 11.8. The average molecular weight is 510 g/mol. The lowest BCUT2D eigenvalue weighted by Gasteiger charge is -2.39. The number of hydrogen-bond acceptors (Lipinski definition) is 6. The molecule has 1 atom stereocenters. The lowest BCUT2D eigenvalue weighted by molar-refractivity contribution is -0.134. The van der Waals surface area contributed by atoms with Crippen molar-refractivity contribution in [3.8, 4) is 0 Å². The topological polar surface area (TPSA) is 110 Å². The lowest BCUT2D eigenvalue weighted by atomic mass is 10.1. The van der Waals surface area contributed by atoms with Crippen molar-refractivity contribution in [3.05, 3.63) is 72.3 Å². The van der Waals surface area contributed by atoms with Crippen molar-refractivity contribution in [2.45, 2.75) is 36.1 Å². The van der Waals surface area contributed by atoms with Crippen molar-refractivity contribution in [1.82, 2.24) is 10.2 Å². The smallest absolute Gasteiger partial charge is 0.328 e. The summed E-state index contributed by atoms with van der Waals surface area (Å²) in [7, 11) is 0. The van der Waals surface area contributed by atoms with Crippen LogP contribution in [0.2, 0.25) is 0 Å². The third kappa shape index (κ3) is 7.22. The van der Waals surface area contributed by atoms with Gasteiger partial charge in [0.05, 0.1) is 11.4 Å². The number of carbonyl (C=O) groups is 3. The van der Waals surface area contributed by atoms with E-state index in [0.29, 0.717) is 24.7 Å². The number of carbonyl (C=O) groups excluding carboxylic acids is 1. The fourth-order valence-corrected chi connectivity index (χ4v) is 5.06. The molecule has 0 saturated carbocycles. The highest BCUT2D eigenvalue weighted by Gasteiger charge is 2.29. The van der Waals surface area contributed by atoms with Crippen LogP contribution >= 0.6 is 11.8 Å². The normalized spacial score (nSPS) is 15.0. The van der Waals surface area contributed by atoms with Crippen molar-refractivity contribution in [2.24, 2.45) is 0 Å². The third-order valence-corrected chi connectivity index (χ3v) is 6.72. The quantitative estimate of drug-likeness (QED) is 0.355. The third-order valence-electron chi connectivity index (χ3n) is 5.59. The Kier molecular flexibility index (Phi) is 9.72. The van der Waals surface area contributed by atoms with Crippen LogP contribution in [-0.4, -0.2) is 65.2 Å². The molecule has 0 aromatic heterocycles. The molecule has 2 aliphatic heterocycles. The van der Waals surface area contributed by atoms with Crippen molar-refractivity contribution in [2.75, 3.05) is 31.1 Å². The van der Waals surface area contributed by atoms with E-state index in [2.05, 4.69) is 77.5 Å². The Balaban J connectivity index is 0.000000392. The molecule has 190 valence electrons. The molecule has 1 amide bonds. The molecular formula is C27H31N3O5S. The second kappa shape index (κ2) is 12.9. The molecule has 0 aliphatic carbocycles. The first kappa shape index (κ1) is 27.0. The van der Waals surface area contributed by atoms with Crippen molar-refractivity contribution >= 4 is 41.0 Å². The van der Waals surface area contributed by atoms with E-state index in [1.165, 1.54) is 15.5 Å². The summed E-state index contributed by atoms with van der Waals surface area (Å²) < 4.78 is 0. The molecule has 0 bridgehead atoms. The molecule has 0 saturated heterocycles. The Labute approximate surface area is 215 Å². The predicted molar refractivity (Wildman–Crippen MR) is 141 cm³/mol. The lowest BCUT2D eigenvalue weighted by Crippen LogP contribution is -2.40. The first-order valence-corrected chi connectivity index (χ1v) is 12.6. The summed E-state index contributed by atoms with van der Waals surface area (Å²) in [5.74, 6) is -2.51. The standard InChI is InChI=1S/C23H27N3OS.C4H4O4/c1-3-12-24-23(27)18-10-11-22-20(15-18)26(17(2)16-25-13-6-7-14-25)19-8-4-5-9-21(19)28-22;5-3(6)1-2-4(7)8/h4-11,15,17H,3,12-14,16H2,1-2H3,(H,24,27);1-2H,(H,5,6)(H,7,8). The molecule has 0 radical (unpaired) electrons. The van der Waals surface area contributed by atoms with Gasteiger partial charge in [0.1, 0.15) is 0 Å². The highest BCUT2D eigenvalue weighted by Crippen LogP contribution is 2.49.